The zero-order chi connectivity index (χ0) is 20.1. The van der Waals surface area contributed by atoms with Crippen molar-refractivity contribution >= 4 is 17.6 Å². The van der Waals surface area contributed by atoms with Gasteiger partial charge >= 0.3 is 5.97 Å². The van der Waals surface area contributed by atoms with Gasteiger partial charge in [-0.25, -0.2) is 4.79 Å². The topological polar surface area (TPSA) is 82.1 Å². The molecule has 0 radical (unpaired) electrons. The van der Waals surface area contributed by atoms with Crippen molar-refractivity contribution in [2.45, 2.75) is 26.3 Å². The Labute approximate surface area is 166 Å². The summed E-state index contributed by atoms with van der Waals surface area (Å²) in [4.78, 5) is 28.6. The molecule has 7 nitrogen and oxygen atoms in total. The molecule has 2 aliphatic rings. The minimum Gasteiger partial charge on any atom is -0.466 e. The Kier molecular flexibility index (Phi) is 6.70. The van der Waals surface area contributed by atoms with Crippen LogP contribution in [0.25, 0.3) is 0 Å². The highest BCUT2D eigenvalue weighted by Crippen LogP contribution is 2.24. The number of carbonyl (C=O) groups excluding carboxylic acids is 2. The van der Waals surface area contributed by atoms with E-state index in [1.807, 2.05) is 18.2 Å². The summed E-state index contributed by atoms with van der Waals surface area (Å²) < 4.78 is 4.83. The molecule has 2 aliphatic heterocycles. The van der Waals surface area contributed by atoms with Crippen molar-refractivity contribution in [1.29, 1.82) is 0 Å². The van der Waals surface area contributed by atoms with Crippen molar-refractivity contribution in [3.8, 4) is 0 Å². The molecule has 2 N–H and O–H groups in total. The van der Waals surface area contributed by atoms with Crippen LogP contribution in [0.1, 0.15) is 25.3 Å². The highest BCUT2D eigenvalue weighted by Gasteiger charge is 2.34. The van der Waals surface area contributed by atoms with Crippen LogP contribution in [0.15, 0.2) is 35.5 Å². The molecule has 0 aromatic heterocycles. The number of hydrogen-bond donors (Lipinski definition) is 2. The van der Waals surface area contributed by atoms with Crippen LogP contribution in [0.4, 0.5) is 5.69 Å². The number of anilines is 1. The number of likely N-dealkylation sites (tertiary alicyclic amines) is 1. The molecule has 1 amide bonds. The maximum atomic E-state index is 12.6. The summed E-state index contributed by atoms with van der Waals surface area (Å²) in [7, 11) is 1.30. The van der Waals surface area contributed by atoms with Crippen LogP contribution in [0, 0.1) is 5.92 Å². The quantitative estimate of drug-likeness (QED) is 0.692. The van der Waals surface area contributed by atoms with E-state index < -0.39 is 5.97 Å². The van der Waals surface area contributed by atoms with Crippen LogP contribution < -0.4 is 5.32 Å². The Hall–Kier alpha value is -2.38. The fourth-order valence-corrected chi connectivity index (χ4v) is 3.93. The minimum atomic E-state index is -0.533. The Morgan fingerprint density at radius 3 is 2.93 bits per heavy atom. The number of carbonyl (C=O) groups is 2. The second-order valence-corrected chi connectivity index (χ2v) is 7.60. The maximum absolute atomic E-state index is 12.6. The number of esters is 1. The van der Waals surface area contributed by atoms with Gasteiger partial charge in [-0.15, -0.1) is 0 Å². The highest BCUT2D eigenvalue weighted by molar-refractivity contribution is 6.08. The monoisotopic (exact) mass is 387 g/mol. The number of piperidine rings is 1. The number of amides is 1. The molecule has 1 saturated heterocycles. The molecule has 2 heterocycles. The SMILES string of the molecule is COC(=O)C1=C(Nc2cccc(CN3CCCC(C)C3)c2)C(=O)N(CCO)C1. The van der Waals surface area contributed by atoms with Crippen molar-refractivity contribution in [2.24, 2.45) is 5.92 Å². The summed E-state index contributed by atoms with van der Waals surface area (Å²) in [5.41, 5.74) is 2.44. The summed E-state index contributed by atoms with van der Waals surface area (Å²) in [6, 6.07) is 7.93. The number of aliphatic hydroxyl groups excluding tert-OH is 1. The Bertz CT molecular complexity index is 762. The molecule has 0 spiro atoms. The van der Waals surface area contributed by atoms with Gasteiger partial charge < -0.3 is 20.1 Å². The lowest BCUT2D eigenvalue weighted by atomic mass is 10.00. The lowest BCUT2D eigenvalue weighted by molar-refractivity contribution is -0.136. The van der Waals surface area contributed by atoms with Crippen LogP contribution in [-0.2, 0) is 20.9 Å². The van der Waals surface area contributed by atoms with Gasteiger partial charge in [-0.3, -0.25) is 9.69 Å². The molecule has 0 saturated carbocycles. The first kappa shape index (κ1) is 20.4. The molecule has 1 aromatic rings. The molecule has 1 atom stereocenters. The minimum absolute atomic E-state index is 0.139. The van der Waals surface area contributed by atoms with E-state index in [1.54, 1.807) is 0 Å². The highest BCUT2D eigenvalue weighted by atomic mass is 16.5. The standard InChI is InChI=1S/C21H29N3O4/c1-15-5-4-8-23(12-15)13-16-6-3-7-17(11-16)22-19-18(21(27)28-2)14-24(9-10-25)20(19)26/h3,6-7,11,15,22,25H,4-5,8-10,12-14H2,1-2H3. The van der Waals surface area contributed by atoms with E-state index in [0.29, 0.717) is 0 Å². The van der Waals surface area contributed by atoms with Gasteiger partial charge in [0.15, 0.2) is 0 Å². The van der Waals surface area contributed by atoms with Gasteiger partial charge in [0, 0.05) is 25.3 Å². The van der Waals surface area contributed by atoms with Crippen LogP contribution in [0.5, 0.6) is 0 Å². The van der Waals surface area contributed by atoms with E-state index in [1.165, 1.54) is 24.9 Å². The van der Waals surface area contributed by atoms with Crippen molar-refractivity contribution in [2.75, 3.05) is 45.2 Å². The summed E-state index contributed by atoms with van der Waals surface area (Å²) in [5, 5.41) is 12.3. The van der Waals surface area contributed by atoms with Gasteiger partial charge in [-0.05, 0) is 43.0 Å². The Balaban J connectivity index is 1.75. The first-order chi connectivity index (χ1) is 13.5. The van der Waals surface area contributed by atoms with E-state index in [9.17, 15) is 9.59 Å². The van der Waals surface area contributed by atoms with E-state index in [4.69, 9.17) is 9.84 Å². The third-order valence-electron chi connectivity index (χ3n) is 5.30. The second kappa shape index (κ2) is 9.21. The van der Waals surface area contributed by atoms with Gasteiger partial charge in [0.1, 0.15) is 5.70 Å². The molecule has 3 rings (SSSR count). The van der Waals surface area contributed by atoms with Gasteiger partial charge in [-0.2, -0.15) is 0 Å². The van der Waals surface area contributed by atoms with Crippen molar-refractivity contribution in [3.05, 3.63) is 41.1 Å². The van der Waals surface area contributed by atoms with Crippen LogP contribution >= 0.6 is 0 Å². The fourth-order valence-electron chi connectivity index (χ4n) is 3.93. The molecule has 7 heteroatoms. The predicted molar refractivity (Wildman–Crippen MR) is 106 cm³/mol. The fraction of sp³-hybridized carbons (Fsp3) is 0.524. The number of rotatable bonds is 7. The zero-order valence-corrected chi connectivity index (χ0v) is 16.6. The summed E-state index contributed by atoms with van der Waals surface area (Å²) in [6.45, 7) is 5.52. The summed E-state index contributed by atoms with van der Waals surface area (Å²) in [6.07, 6.45) is 2.51. The molecule has 152 valence electrons. The first-order valence-electron chi connectivity index (χ1n) is 9.81. The molecule has 1 fully saturated rings. The number of aliphatic hydroxyl groups is 1. The van der Waals surface area contributed by atoms with E-state index in [2.05, 4.69) is 23.2 Å². The number of β-amino-alcohol motifs (C(OH)–C–C–N with tert-alkyl or cyclic N) is 1. The molecular weight excluding hydrogens is 358 g/mol. The van der Waals surface area contributed by atoms with E-state index in [-0.39, 0.29) is 36.9 Å². The average molecular weight is 387 g/mol. The Morgan fingerprint density at radius 1 is 1.39 bits per heavy atom. The average Bonchev–Trinajstić information content (AvgIpc) is 2.98. The number of benzene rings is 1. The van der Waals surface area contributed by atoms with Gasteiger partial charge in [-0.1, -0.05) is 19.1 Å². The largest absolute Gasteiger partial charge is 0.466 e. The lowest BCUT2D eigenvalue weighted by Crippen LogP contribution is -2.33. The zero-order valence-electron chi connectivity index (χ0n) is 16.6. The van der Waals surface area contributed by atoms with Gasteiger partial charge in [0.2, 0.25) is 0 Å². The molecule has 28 heavy (non-hydrogen) atoms. The van der Waals surface area contributed by atoms with Crippen molar-refractivity contribution < 1.29 is 19.4 Å². The van der Waals surface area contributed by atoms with Crippen LogP contribution in [0.3, 0.4) is 0 Å². The van der Waals surface area contributed by atoms with Crippen LogP contribution in [0.2, 0.25) is 0 Å². The van der Waals surface area contributed by atoms with E-state index >= 15 is 0 Å². The van der Waals surface area contributed by atoms with Gasteiger partial charge in [0.05, 0.1) is 25.8 Å². The number of nitrogens with zero attached hydrogens (tertiary/aromatic N) is 2. The lowest BCUT2D eigenvalue weighted by Gasteiger charge is -2.30. The van der Waals surface area contributed by atoms with Gasteiger partial charge in [0.25, 0.3) is 5.91 Å². The maximum Gasteiger partial charge on any atom is 0.337 e. The number of hydrogen-bond acceptors (Lipinski definition) is 6. The number of methoxy groups -OCH3 is 1. The Morgan fingerprint density at radius 2 is 2.21 bits per heavy atom. The molecule has 0 bridgehead atoms. The predicted octanol–water partition coefficient (Wildman–Crippen LogP) is 1.59. The summed E-state index contributed by atoms with van der Waals surface area (Å²) >= 11 is 0. The van der Waals surface area contributed by atoms with E-state index in [0.717, 1.165) is 36.8 Å². The smallest absolute Gasteiger partial charge is 0.337 e. The first-order valence-corrected chi connectivity index (χ1v) is 9.81. The summed E-state index contributed by atoms with van der Waals surface area (Å²) in [5.74, 6) is -0.115. The normalized spacial score (nSPS) is 20.6. The molecule has 1 unspecified atom stereocenters. The molecule has 1 aromatic carbocycles. The third kappa shape index (κ3) is 4.72. The van der Waals surface area contributed by atoms with Crippen molar-refractivity contribution in [1.82, 2.24) is 9.80 Å². The van der Waals surface area contributed by atoms with Crippen LogP contribution in [-0.4, -0.2) is 66.7 Å². The molecular formula is C21H29N3O4. The number of ether oxygens (including phenoxy) is 1. The number of nitrogens with one attached hydrogen (secondary N) is 1. The molecule has 0 aliphatic carbocycles. The van der Waals surface area contributed by atoms with Crippen molar-refractivity contribution in [3.63, 3.8) is 0 Å². The third-order valence-corrected chi connectivity index (χ3v) is 5.30. The second-order valence-electron chi connectivity index (χ2n) is 7.60.